The van der Waals surface area contributed by atoms with E-state index in [4.69, 9.17) is 0 Å². The molecule has 0 heterocycles. The number of allylic oxidation sites excluding steroid dienone is 4. The van der Waals surface area contributed by atoms with Gasteiger partial charge in [0.15, 0.2) is 11.6 Å². The highest BCUT2D eigenvalue weighted by molar-refractivity contribution is 6.28. The first-order chi connectivity index (χ1) is 10.4. The summed E-state index contributed by atoms with van der Waals surface area (Å²) in [6, 6.07) is 7.16. The van der Waals surface area contributed by atoms with Crippen LogP contribution in [0.1, 0.15) is 54.8 Å². The fraction of sp³-hybridized carbons (Fsp3) is 0.400. The van der Waals surface area contributed by atoms with E-state index in [1.165, 1.54) is 0 Å². The van der Waals surface area contributed by atoms with Crippen molar-refractivity contribution in [3.8, 4) is 0 Å². The molecule has 0 aliphatic heterocycles. The van der Waals surface area contributed by atoms with Gasteiger partial charge in [0.2, 0.25) is 0 Å². The molecule has 2 nitrogen and oxygen atoms in total. The van der Waals surface area contributed by atoms with Crippen LogP contribution in [0.15, 0.2) is 47.6 Å². The van der Waals surface area contributed by atoms with Gasteiger partial charge in [-0.2, -0.15) is 0 Å². The minimum Gasteiger partial charge on any atom is -0.289 e. The number of ketones is 2. The maximum absolute atomic E-state index is 12.9. The summed E-state index contributed by atoms with van der Waals surface area (Å²) in [7, 11) is 0. The predicted molar refractivity (Wildman–Crippen MR) is 88.0 cm³/mol. The van der Waals surface area contributed by atoms with Crippen molar-refractivity contribution in [3.05, 3.63) is 58.7 Å². The van der Waals surface area contributed by atoms with Gasteiger partial charge in [-0.25, -0.2) is 0 Å². The molecule has 3 rings (SSSR count). The van der Waals surface area contributed by atoms with Gasteiger partial charge in [-0.05, 0) is 23.7 Å². The molecule has 0 spiro atoms. The molecule has 0 fully saturated rings. The average molecular weight is 294 g/mol. The van der Waals surface area contributed by atoms with Crippen LogP contribution in [0, 0.1) is 17.3 Å². The van der Waals surface area contributed by atoms with Crippen molar-refractivity contribution in [2.45, 2.75) is 34.1 Å². The van der Waals surface area contributed by atoms with Gasteiger partial charge in [-0.15, -0.1) is 0 Å². The smallest absolute Gasteiger partial charge is 0.194 e. The van der Waals surface area contributed by atoms with E-state index in [0.717, 1.165) is 0 Å². The molecule has 1 aromatic rings. The monoisotopic (exact) mass is 294 g/mol. The third kappa shape index (κ3) is 1.93. The summed E-state index contributed by atoms with van der Waals surface area (Å²) in [6.45, 7) is 8.77. The number of carbonyl (C=O) groups excluding carboxylic acids is 2. The van der Waals surface area contributed by atoms with Crippen LogP contribution < -0.4 is 0 Å². The molecule has 2 aliphatic carbocycles. The molecule has 0 saturated carbocycles. The van der Waals surface area contributed by atoms with Gasteiger partial charge >= 0.3 is 0 Å². The van der Waals surface area contributed by atoms with E-state index in [2.05, 4.69) is 33.8 Å². The number of benzene rings is 1. The molecule has 0 aromatic heterocycles. The minimum absolute atomic E-state index is 0.0115. The van der Waals surface area contributed by atoms with Crippen molar-refractivity contribution in [1.82, 2.24) is 0 Å². The number of fused-ring (bicyclic) bond motifs is 1. The van der Waals surface area contributed by atoms with Gasteiger partial charge in [0, 0.05) is 22.3 Å². The lowest BCUT2D eigenvalue weighted by Crippen LogP contribution is -2.37. The van der Waals surface area contributed by atoms with Crippen molar-refractivity contribution in [2.75, 3.05) is 0 Å². The number of hydrogen-bond donors (Lipinski definition) is 0. The number of Topliss-reactive ketones (excluding diaryl/α,β-unsaturated/α-hetero) is 2. The normalized spacial score (nSPS) is 19.7. The first-order valence-corrected chi connectivity index (χ1v) is 7.99. The van der Waals surface area contributed by atoms with Crippen LogP contribution in [0.25, 0.3) is 0 Å². The second kappa shape index (κ2) is 5.05. The van der Waals surface area contributed by atoms with Crippen LogP contribution in [-0.2, 0) is 0 Å². The van der Waals surface area contributed by atoms with E-state index < -0.39 is 0 Å². The van der Waals surface area contributed by atoms with E-state index in [-0.39, 0.29) is 17.0 Å². The Morgan fingerprint density at radius 1 is 0.909 bits per heavy atom. The fourth-order valence-electron chi connectivity index (χ4n) is 3.86. The molecule has 0 N–H and O–H groups in total. The zero-order valence-corrected chi connectivity index (χ0v) is 13.6. The fourth-order valence-corrected chi connectivity index (χ4v) is 3.86. The molecule has 2 aliphatic rings. The SMILES string of the molecule is CC(C)C1(C(C)C)C=CC2=C(C1)C(=O)c1ccccc1C2=O. The van der Waals surface area contributed by atoms with E-state index in [1.54, 1.807) is 12.1 Å². The maximum Gasteiger partial charge on any atom is 0.194 e. The molecule has 0 atom stereocenters. The molecule has 0 unspecified atom stereocenters. The lowest BCUT2D eigenvalue weighted by Gasteiger charge is -2.42. The summed E-state index contributed by atoms with van der Waals surface area (Å²) in [6.07, 6.45) is 4.72. The van der Waals surface area contributed by atoms with Gasteiger partial charge in [-0.3, -0.25) is 9.59 Å². The summed E-state index contributed by atoms with van der Waals surface area (Å²) in [5.74, 6) is 0.846. The van der Waals surface area contributed by atoms with Crippen LogP contribution in [0.5, 0.6) is 0 Å². The maximum atomic E-state index is 12.9. The van der Waals surface area contributed by atoms with Crippen molar-refractivity contribution in [3.63, 3.8) is 0 Å². The molecule has 0 bridgehead atoms. The average Bonchev–Trinajstić information content (AvgIpc) is 2.51. The van der Waals surface area contributed by atoms with Crippen molar-refractivity contribution < 1.29 is 9.59 Å². The molecule has 0 radical (unpaired) electrons. The number of carbonyl (C=O) groups is 2. The number of hydrogen-bond acceptors (Lipinski definition) is 2. The molecule has 0 amide bonds. The van der Waals surface area contributed by atoms with Crippen LogP contribution in [0.4, 0.5) is 0 Å². The largest absolute Gasteiger partial charge is 0.289 e. The van der Waals surface area contributed by atoms with E-state index >= 15 is 0 Å². The van der Waals surface area contributed by atoms with Gasteiger partial charge in [-0.1, -0.05) is 64.1 Å². The van der Waals surface area contributed by atoms with Crippen molar-refractivity contribution in [1.29, 1.82) is 0 Å². The van der Waals surface area contributed by atoms with E-state index in [0.29, 0.717) is 40.5 Å². The molecule has 1 aromatic carbocycles. The Bertz CT molecular complexity index is 709. The van der Waals surface area contributed by atoms with E-state index in [9.17, 15) is 9.59 Å². The quantitative estimate of drug-likeness (QED) is 0.797. The van der Waals surface area contributed by atoms with Crippen molar-refractivity contribution in [2.24, 2.45) is 17.3 Å². The topological polar surface area (TPSA) is 34.1 Å². The van der Waals surface area contributed by atoms with E-state index in [1.807, 2.05) is 18.2 Å². The Labute approximate surface area is 131 Å². The Hall–Kier alpha value is -1.96. The predicted octanol–water partition coefficient (Wildman–Crippen LogP) is 4.62. The lowest BCUT2D eigenvalue weighted by atomic mass is 9.61. The highest BCUT2D eigenvalue weighted by Crippen LogP contribution is 2.48. The van der Waals surface area contributed by atoms with Gasteiger partial charge in [0.05, 0.1) is 0 Å². The molecular weight excluding hydrogens is 272 g/mol. The van der Waals surface area contributed by atoms with Crippen LogP contribution in [-0.4, -0.2) is 11.6 Å². The summed E-state index contributed by atoms with van der Waals surface area (Å²) >= 11 is 0. The molecule has 2 heteroatoms. The standard InChI is InChI=1S/C20H22O2/c1-12(2)20(13(3)4)10-9-16-17(11-20)19(22)15-8-6-5-7-14(15)18(16)21/h5-10,12-13H,11H2,1-4H3. The Morgan fingerprint density at radius 3 is 2.00 bits per heavy atom. The Balaban J connectivity index is 2.12. The molecule has 114 valence electrons. The van der Waals surface area contributed by atoms with Gasteiger partial charge in [0.1, 0.15) is 0 Å². The van der Waals surface area contributed by atoms with Crippen LogP contribution >= 0.6 is 0 Å². The second-order valence-electron chi connectivity index (χ2n) is 7.03. The molecule has 22 heavy (non-hydrogen) atoms. The highest BCUT2D eigenvalue weighted by atomic mass is 16.1. The Morgan fingerprint density at radius 2 is 1.45 bits per heavy atom. The first kappa shape index (κ1) is 15.0. The zero-order chi connectivity index (χ0) is 16.1. The summed E-state index contributed by atoms with van der Waals surface area (Å²) in [5.41, 5.74) is 2.34. The van der Waals surface area contributed by atoms with Gasteiger partial charge in [0.25, 0.3) is 0 Å². The number of rotatable bonds is 2. The minimum atomic E-state index is -0.0545. The van der Waals surface area contributed by atoms with Gasteiger partial charge < -0.3 is 0 Å². The van der Waals surface area contributed by atoms with Crippen LogP contribution in [0.3, 0.4) is 0 Å². The molecule has 0 saturated heterocycles. The van der Waals surface area contributed by atoms with Crippen molar-refractivity contribution >= 4 is 11.6 Å². The first-order valence-electron chi connectivity index (χ1n) is 7.99. The molecular formula is C20H22O2. The third-order valence-electron chi connectivity index (χ3n) is 5.45. The lowest BCUT2D eigenvalue weighted by molar-refractivity contribution is 0.0949. The van der Waals surface area contributed by atoms with Crippen LogP contribution in [0.2, 0.25) is 0 Å². The second-order valence-corrected chi connectivity index (χ2v) is 7.03. The third-order valence-corrected chi connectivity index (χ3v) is 5.45. The zero-order valence-electron chi connectivity index (χ0n) is 13.6. The summed E-state index contributed by atoms with van der Waals surface area (Å²) < 4.78 is 0. The Kier molecular flexibility index (Phi) is 3.43. The summed E-state index contributed by atoms with van der Waals surface area (Å²) in [5, 5.41) is 0. The summed E-state index contributed by atoms with van der Waals surface area (Å²) in [4.78, 5) is 25.6. The highest BCUT2D eigenvalue weighted by Gasteiger charge is 2.42.